The van der Waals surface area contributed by atoms with Crippen molar-refractivity contribution in [1.82, 2.24) is 0 Å². The molecule has 3 rings (SSSR count). The highest BCUT2D eigenvalue weighted by Crippen LogP contribution is 2.46. The van der Waals surface area contributed by atoms with E-state index in [1.807, 2.05) is 0 Å². The summed E-state index contributed by atoms with van der Waals surface area (Å²) in [5.74, 6) is 1.36. The summed E-state index contributed by atoms with van der Waals surface area (Å²) in [6.45, 7) is 13.9. The highest BCUT2D eigenvalue weighted by Gasteiger charge is 2.37. The fraction of sp³-hybridized carbons (Fsp3) is 0.655. The zero-order valence-corrected chi connectivity index (χ0v) is 40.2. The van der Waals surface area contributed by atoms with Crippen LogP contribution in [0.4, 0.5) is 0 Å². The van der Waals surface area contributed by atoms with Gasteiger partial charge in [0.25, 0.3) is 0 Å². The van der Waals surface area contributed by atoms with Gasteiger partial charge in [0, 0.05) is 22.3 Å². The summed E-state index contributed by atoms with van der Waals surface area (Å²) in [5.41, 5.74) is 22.8. The van der Waals surface area contributed by atoms with Crippen LogP contribution in [0, 0.1) is 11.8 Å². The van der Waals surface area contributed by atoms with E-state index in [1.54, 1.807) is 4.70 Å². The molecular weight excluding hydrogens is 725 g/mol. The second-order valence-corrected chi connectivity index (χ2v) is 18.3. The molecule has 2 heteroatoms. The van der Waals surface area contributed by atoms with Gasteiger partial charge < -0.3 is 5.53 Å². The molecule has 1 aliphatic heterocycles. The van der Waals surface area contributed by atoms with Crippen LogP contribution in [0.25, 0.3) is 16.9 Å². The van der Waals surface area contributed by atoms with Crippen LogP contribution in [0.3, 0.4) is 0 Å². The Morgan fingerprint density at radius 2 is 0.817 bits per heavy atom. The number of unbranched alkanes of at least 4 members (excludes halogenated alkanes) is 16. The van der Waals surface area contributed by atoms with Crippen LogP contribution in [0.2, 0.25) is 0 Å². The summed E-state index contributed by atoms with van der Waals surface area (Å²) in [5, 5.41) is 0. The highest BCUT2D eigenvalue weighted by atomic mass is 15.2. The van der Waals surface area contributed by atoms with Gasteiger partial charge in [0.05, 0.1) is 0 Å². The Bertz CT molecular complexity index is 1570. The summed E-state index contributed by atoms with van der Waals surface area (Å²) in [6, 6.07) is 18.1. The van der Waals surface area contributed by atoms with E-state index in [-0.39, 0.29) is 0 Å². The van der Waals surface area contributed by atoms with E-state index < -0.39 is 0 Å². The molecular formula is C58H92N2. The van der Waals surface area contributed by atoms with Gasteiger partial charge in [0.2, 0.25) is 11.4 Å². The lowest BCUT2D eigenvalue weighted by Crippen LogP contribution is -2.08. The van der Waals surface area contributed by atoms with Gasteiger partial charge in [-0.05, 0) is 125 Å². The van der Waals surface area contributed by atoms with Crippen molar-refractivity contribution in [3.05, 3.63) is 112 Å². The van der Waals surface area contributed by atoms with Gasteiger partial charge in [-0.15, -0.1) is 0 Å². The van der Waals surface area contributed by atoms with E-state index in [0.29, 0.717) is 11.8 Å². The van der Waals surface area contributed by atoms with Crippen molar-refractivity contribution in [2.24, 2.45) is 11.8 Å². The summed E-state index contributed by atoms with van der Waals surface area (Å²) < 4.78 is 1.67. The van der Waals surface area contributed by atoms with Gasteiger partial charge in [0.1, 0.15) is 0 Å². The fourth-order valence-corrected chi connectivity index (χ4v) is 9.36. The normalized spacial score (nSPS) is 14.5. The maximum Gasteiger partial charge on any atom is 0.211 e. The first kappa shape index (κ1) is 51.4. The first-order valence-corrected chi connectivity index (χ1v) is 26.0. The summed E-state index contributed by atoms with van der Waals surface area (Å²) in [6.07, 6.45) is 47.1. The van der Waals surface area contributed by atoms with E-state index in [1.165, 1.54) is 187 Å². The van der Waals surface area contributed by atoms with Crippen molar-refractivity contribution in [3.63, 3.8) is 0 Å². The molecule has 0 saturated carbocycles. The minimum absolute atomic E-state index is 0.679. The topological polar surface area (TPSA) is 25.3 Å². The van der Waals surface area contributed by atoms with Gasteiger partial charge >= 0.3 is 0 Å². The first-order valence-electron chi connectivity index (χ1n) is 26.0. The van der Waals surface area contributed by atoms with Gasteiger partial charge in [-0.25, -0.2) is 4.70 Å². The summed E-state index contributed by atoms with van der Waals surface area (Å²) >= 11 is 0. The van der Waals surface area contributed by atoms with E-state index in [2.05, 4.69) is 114 Å². The smallest absolute Gasteiger partial charge is 0.211 e. The van der Waals surface area contributed by atoms with Crippen LogP contribution >= 0.6 is 0 Å². The molecule has 0 bridgehead atoms. The molecule has 0 radical (unpaired) electrons. The standard InChI is InChI=1S/C58H92N2/c1-7-13-17-20-22-24-26-28-30-37-49(11-5)45-47-51-39-33-35-42-53(51)57-55(41-16-10-4)56(44-32-19-15-9-3)58(60(57)59)54-43-36-34-40-52(54)48-46-50(12-6)38-31-29-27-25-23-21-18-14-8-2/h28-31,33-36,39-40,42-43,49-50H,7-27,32,37-38,41,44-48H2,1-6H3. The predicted octanol–water partition coefficient (Wildman–Crippen LogP) is 19.3. The SMILES string of the molecule is CCCCCCCCC=CCC(CC)CCc1ccccc1C1=C(CCCC)C(CCCCCC)=C(c2ccccc2CCC(CC)CC=CCCCCCCCC)[N+]1=[N-]. The van der Waals surface area contributed by atoms with E-state index in [4.69, 9.17) is 0 Å². The van der Waals surface area contributed by atoms with Crippen molar-refractivity contribution in [2.45, 2.75) is 234 Å². The Hall–Kier alpha value is -3.00. The molecule has 1 aliphatic rings. The second kappa shape index (κ2) is 32.7. The minimum atomic E-state index is 0.679. The Morgan fingerprint density at radius 1 is 0.433 bits per heavy atom. The Labute approximate surface area is 372 Å². The molecule has 0 N–H and O–H groups in total. The molecule has 2 atom stereocenters. The molecule has 334 valence electrons. The number of rotatable bonds is 36. The average molecular weight is 817 g/mol. The number of allylic oxidation sites excluding steroid dienone is 6. The van der Waals surface area contributed by atoms with Gasteiger partial charge in [-0.3, -0.25) is 0 Å². The van der Waals surface area contributed by atoms with Gasteiger partial charge in [-0.2, -0.15) is 0 Å². The van der Waals surface area contributed by atoms with Crippen molar-refractivity contribution < 1.29 is 4.70 Å². The van der Waals surface area contributed by atoms with Crippen LogP contribution in [0.1, 0.15) is 244 Å². The van der Waals surface area contributed by atoms with Crippen LogP contribution in [0.15, 0.2) is 84.0 Å². The third-order valence-electron chi connectivity index (χ3n) is 13.5. The number of hydrogen-bond acceptors (Lipinski definition) is 0. The molecule has 0 aromatic heterocycles. The highest BCUT2D eigenvalue weighted by molar-refractivity contribution is 5.83. The molecule has 1 heterocycles. The molecule has 0 fully saturated rings. The number of hydrogen-bond donors (Lipinski definition) is 0. The molecule has 2 nitrogen and oxygen atoms in total. The zero-order chi connectivity index (χ0) is 43.0. The van der Waals surface area contributed by atoms with Gasteiger partial charge in [0.15, 0.2) is 0 Å². The van der Waals surface area contributed by atoms with Crippen LogP contribution in [-0.4, -0.2) is 4.70 Å². The lowest BCUT2D eigenvalue weighted by molar-refractivity contribution is -0.345. The molecule has 0 amide bonds. The lowest BCUT2D eigenvalue weighted by Gasteiger charge is -2.17. The third-order valence-corrected chi connectivity index (χ3v) is 13.5. The molecule has 0 spiro atoms. The number of aryl methyl sites for hydroxylation is 2. The Kier molecular flexibility index (Phi) is 28.0. The summed E-state index contributed by atoms with van der Waals surface area (Å²) in [7, 11) is 0. The van der Waals surface area contributed by atoms with Gasteiger partial charge in [-0.1, -0.05) is 205 Å². The van der Waals surface area contributed by atoms with E-state index in [0.717, 1.165) is 49.9 Å². The largest absolute Gasteiger partial charge is 0.493 e. The zero-order valence-electron chi connectivity index (χ0n) is 40.2. The van der Waals surface area contributed by atoms with Crippen molar-refractivity contribution in [1.29, 1.82) is 0 Å². The maximum atomic E-state index is 12.7. The quantitative estimate of drug-likeness (QED) is 0.0372. The second-order valence-electron chi connectivity index (χ2n) is 18.3. The molecule has 2 aromatic rings. The van der Waals surface area contributed by atoms with E-state index in [9.17, 15) is 5.53 Å². The minimum Gasteiger partial charge on any atom is -0.493 e. The lowest BCUT2D eigenvalue weighted by atomic mass is 9.88. The first-order chi connectivity index (χ1) is 29.5. The Morgan fingerprint density at radius 3 is 1.25 bits per heavy atom. The van der Waals surface area contributed by atoms with Crippen LogP contribution < -0.4 is 0 Å². The monoisotopic (exact) mass is 817 g/mol. The van der Waals surface area contributed by atoms with Crippen LogP contribution in [0.5, 0.6) is 0 Å². The molecule has 2 unspecified atom stereocenters. The molecule has 0 aliphatic carbocycles. The van der Waals surface area contributed by atoms with Crippen LogP contribution in [-0.2, 0) is 12.8 Å². The average Bonchev–Trinajstić information content (AvgIpc) is 3.54. The fourth-order valence-electron chi connectivity index (χ4n) is 9.36. The van der Waals surface area contributed by atoms with E-state index >= 15 is 0 Å². The third kappa shape index (κ3) is 18.5. The van der Waals surface area contributed by atoms with Crippen molar-refractivity contribution >= 4 is 11.4 Å². The number of benzene rings is 2. The van der Waals surface area contributed by atoms with Crippen molar-refractivity contribution in [2.75, 3.05) is 0 Å². The maximum absolute atomic E-state index is 12.7. The Balaban J connectivity index is 1.84. The van der Waals surface area contributed by atoms with Crippen molar-refractivity contribution in [3.8, 4) is 0 Å². The predicted molar refractivity (Wildman–Crippen MR) is 266 cm³/mol. The molecule has 0 saturated heterocycles. The molecule has 2 aromatic carbocycles. The molecule has 60 heavy (non-hydrogen) atoms. The number of nitrogens with zero attached hydrogens (tertiary/aromatic N) is 2. The summed E-state index contributed by atoms with van der Waals surface area (Å²) in [4.78, 5) is 0.